The van der Waals surface area contributed by atoms with Crippen molar-refractivity contribution >= 4 is 17.8 Å². The number of carbonyl (C=O) groups is 1. The van der Waals surface area contributed by atoms with Gasteiger partial charge in [-0.1, -0.05) is 18.2 Å². The lowest BCUT2D eigenvalue weighted by Gasteiger charge is -2.01. The van der Waals surface area contributed by atoms with Crippen LogP contribution in [0.3, 0.4) is 0 Å². The molecule has 0 atom stereocenters. The first kappa shape index (κ1) is 15.2. The van der Waals surface area contributed by atoms with Crippen LogP contribution in [0.4, 0.5) is 5.69 Å². The maximum atomic E-state index is 11.7. The first-order valence-corrected chi connectivity index (χ1v) is 5.64. The maximum Gasteiger partial charge on any atom is 0.271 e. The molecule has 2 aromatic carbocycles. The summed E-state index contributed by atoms with van der Waals surface area (Å²) in [5.41, 5.74) is 9.41. The van der Waals surface area contributed by atoms with E-state index in [1.54, 1.807) is 48.5 Å². The number of nitrogens with two attached hydrogens (primary N) is 1. The van der Waals surface area contributed by atoms with Crippen molar-refractivity contribution < 1.29 is 15.4 Å². The summed E-state index contributed by atoms with van der Waals surface area (Å²) >= 11 is 0. The molecule has 0 aliphatic carbocycles. The van der Waals surface area contributed by atoms with Crippen LogP contribution < -0.4 is 11.2 Å². The highest BCUT2D eigenvalue weighted by molar-refractivity contribution is 5.95. The molecule has 0 aliphatic heterocycles. The van der Waals surface area contributed by atoms with Crippen LogP contribution in [0, 0.1) is 0 Å². The second-order valence-electron chi connectivity index (χ2n) is 3.88. The van der Waals surface area contributed by atoms with Crippen molar-refractivity contribution in [2.45, 2.75) is 0 Å². The van der Waals surface area contributed by atoms with E-state index in [1.807, 2.05) is 0 Å². The average molecular weight is 273 g/mol. The van der Waals surface area contributed by atoms with Crippen LogP contribution in [-0.4, -0.2) is 22.7 Å². The summed E-state index contributed by atoms with van der Waals surface area (Å²) in [6.45, 7) is 0. The van der Waals surface area contributed by atoms with Gasteiger partial charge < -0.3 is 16.3 Å². The number of phenolic OH excluding ortho intramolecular Hbond substituents is 1. The van der Waals surface area contributed by atoms with Gasteiger partial charge in [0, 0.05) is 16.8 Å². The largest absolute Gasteiger partial charge is 0.507 e. The molecule has 0 aliphatic rings. The summed E-state index contributed by atoms with van der Waals surface area (Å²) in [5, 5.41) is 13.3. The monoisotopic (exact) mass is 273 g/mol. The predicted molar refractivity (Wildman–Crippen MR) is 77.6 cm³/mol. The van der Waals surface area contributed by atoms with Gasteiger partial charge in [0.15, 0.2) is 0 Å². The summed E-state index contributed by atoms with van der Waals surface area (Å²) in [4.78, 5) is 11.7. The Morgan fingerprint density at radius 1 is 1.20 bits per heavy atom. The lowest BCUT2D eigenvalue weighted by molar-refractivity contribution is 0.0955. The molecule has 0 radical (unpaired) electrons. The summed E-state index contributed by atoms with van der Waals surface area (Å²) in [7, 11) is 0. The number of hydrogen-bond acceptors (Lipinski definition) is 4. The van der Waals surface area contributed by atoms with Crippen LogP contribution in [0.15, 0.2) is 53.6 Å². The fourth-order valence-corrected chi connectivity index (χ4v) is 1.50. The van der Waals surface area contributed by atoms with Gasteiger partial charge in [0.1, 0.15) is 5.75 Å². The molecule has 0 bridgehead atoms. The molecular weight excluding hydrogens is 258 g/mol. The number of nitrogen functional groups attached to an aromatic ring is 1. The van der Waals surface area contributed by atoms with E-state index < -0.39 is 0 Å². The molecule has 104 valence electrons. The van der Waals surface area contributed by atoms with Gasteiger partial charge in [-0.05, 0) is 30.3 Å². The molecule has 0 heterocycles. The number of aromatic hydroxyl groups is 1. The van der Waals surface area contributed by atoms with Crippen LogP contribution >= 0.6 is 0 Å². The number of para-hydroxylation sites is 1. The highest BCUT2D eigenvalue weighted by Gasteiger charge is 2.03. The number of carbonyl (C=O) groups excluding carboxylic acids is 1. The van der Waals surface area contributed by atoms with Crippen LogP contribution in [0.25, 0.3) is 0 Å². The van der Waals surface area contributed by atoms with Gasteiger partial charge in [-0.2, -0.15) is 5.10 Å². The molecule has 2 rings (SSSR count). The number of nitrogens with zero attached hydrogens (tertiary/aromatic N) is 1. The molecule has 20 heavy (non-hydrogen) atoms. The van der Waals surface area contributed by atoms with Crippen molar-refractivity contribution in [2.24, 2.45) is 5.10 Å². The van der Waals surface area contributed by atoms with Crippen molar-refractivity contribution in [1.82, 2.24) is 5.43 Å². The van der Waals surface area contributed by atoms with E-state index in [9.17, 15) is 9.90 Å². The lowest BCUT2D eigenvalue weighted by atomic mass is 10.2. The lowest BCUT2D eigenvalue weighted by Crippen LogP contribution is -2.17. The SMILES string of the molecule is Nc1cccc(C(=O)N/N=C/c2ccccc2O)c1.O. The normalized spacial score (nSPS) is 10.0. The van der Waals surface area contributed by atoms with E-state index in [1.165, 1.54) is 6.21 Å². The fourth-order valence-electron chi connectivity index (χ4n) is 1.50. The first-order valence-electron chi connectivity index (χ1n) is 5.64. The number of phenols is 1. The number of amides is 1. The van der Waals surface area contributed by atoms with Crippen molar-refractivity contribution in [2.75, 3.05) is 5.73 Å². The smallest absolute Gasteiger partial charge is 0.271 e. The zero-order chi connectivity index (χ0) is 13.7. The standard InChI is InChI=1S/C14H13N3O2.H2O/c15-12-6-3-5-10(8-12)14(19)17-16-9-11-4-1-2-7-13(11)18;/h1-9,18H,15H2,(H,17,19);1H2/b16-9+;. The van der Waals surface area contributed by atoms with Gasteiger partial charge >= 0.3 is 0 Å². The first-order chi connectivity index (χ1) is 9.16. The Morgan fingerprint density at radius 2 is 1.95 bits per heavy atom. The zero-order valence-corrected chi connectivity index (χ0v) is 10.6. The summed E-state index contributed by atoms with van der Waals surface area (Å²) in [5.74, 6) is -0.261. The van der Waals surface area contributed by atoms with Crippen molar-refractivity contribution in [1.29, 1.82) is 0 Å². The predicted octanol–water partition coefficient (Wildman–Crippen LogP) is 0.914. The van der Waals surface area contributed by atoms with Crippen molar-refractivity contribution in [3.8, 4) is 5.75 Å². The highest BCUT2D eigenvalue weighted by atomic mass is 16.3. The van der Waals surface area contributed by atoms with Crippen molar-refractivity contribution in [3.63, 3.8) is 0 Å². The van der Waals surface area contributed by atoms with Crippen LogP contribution in [-0.2, 0) is 0 Å². The van der Waals surface area contributed by atoms with Gasteiger partial charge in [0.25, 0.3) is 5.91 Å². The highest BCUT2D eigenvalue weighted by Crippen LogP contribution is 2.12. The van der Waals surface area contributed by atoms with E-state index in [2.05, 4.69) is 10.5 Å². The molecule has 6 heteroatoms. The Balaban J connectivity index is 0.00000200. The number of benzene rings is 2. The topological polar surface area (TPSA) is 119 Å². The van der Waals surface area contributed by atoms with E-state index in [-0.39, 0.29) is 17.1 Å². The number of hydrazone groups is 1. The minimum atomic E-state index is -0.362. The van der Waals surface area contributed by atoms with E-state index >= 15 is 0 Å². The average Bonchev–Trinajstić information content (AvgIpc) is 2.41. The maximum absolute atomic E-state index is 11.7. The fraction of sp³-hybridized carbons (Fsp3) is 0. The van der Waals surface area contributed by atoms with Gasteiger partial charge in [0.2, 0.25) is 0 Å². The second kappa shape index (κ2) is 6.91. The molecular formula is C14H15N3O3. The quantitative estimate of drug-likeness (QED) is 0.438. The Morgan fingerprint density at radius 3 is 2.65 bits per heavy atom. The summed E-state index contributed by atoms with van der Waals surface area (Å²) in [6, 6.07) is 13.3. The zero-order valence-electron chi connectivity index (χ0n) is 10.6. The number of rotatable bonds is 3. The van der Waals surface area contributed by atoms with Crippen LogP contribution in [0.1, 0.15) is 15.9 Å². The Labute approximate surface area is 115 Å². The van der Waals surface area contributed by atoms with Gasteiger partial charge in [-0.3, -0.25) is 4.79 Å². The number of hydrogen-bond donors (Lipinski definition) is 3. The van der Waals surface area contributed by atoms with E-state index in [0.29, 0.717) is 16.8 Å². The van der Waals surface area contributed by atoms with Gasteiger partial charge in [-0.15, -0.1) is 0 Å². The Bertz CT molecular complexity index is 627. The third-order valence-corrected chi connectivity index (χ3v) is 2.46. The minimum Gasteiger partial charge on any atom is -0.507 e. The molecule has 0 saturated heterocycles. The van der Waals surface area contributed by atoms with E-state index in [4.69, 9.17) is 5.73 Å². The third-order valence-electron chi connectivity index (χ3n) is 2.46. The number of anilines is 1. The summed E-state index contributed by atoms with van der Waals surface area (Å²) < 4.78 is 0. The molecule has 2 aromatic rings. The third kappa shape index (κ3) is 3.82. The molecule has 0 fully saturated rings. The minimum absolute atomic E-state index is 0. The molecule has 6 nitrogen and oxygen atoms in total. The second-order valence-corrected chi connectivity index (χ2v) is 3.88. The van der Waals surface area contributed by atoms with Gasteiger partial charge in [0.05, 0.1) is 6.21 Å². The molecule has 0 saturated carbocycles. The van der Waals surface area contributed by atoms with Crippen LogP contribution in [0.2, 0.25) is 0 Å². The Kier molecular flexibility index (Phi) is 5.25. The molecule has 0 unspecified atom stereocenters. The number of nitrogens with one attached hydrogen (secondary N) is 1. The van der Waals surface area contributed by atoms with E-state index in [0.717, 1.165) is 0 Å². The molecule has 1 amide bonds. The van der Waals surface area contributed by atoms with Gasteiger partial charge in [-0.25, -0.2) is 5.43 Å². The summed E-state index contributed by atoms with van der Waals surface area (Å²) in [6.07, 6.45) is 1.37. The molecule has 0 spiro atoms. The van der Waals surface area contributed by atoms with Crippen LogP contribution in [0.5, 0.6) is 5.75 Å². The molecule has 6 N–H and O–H groups in total. The molecule has 0 aromatic heterocycles. The Hall–Kier alpha value is -2.86. The van der Waals surface area contributed by atoms with Crippen molar-refractivity contribution in [3.05, 3.63) is 59.7 Å².